The Kier molecular flexibility index (Phi) is 3.56. The second-order valence-electron chi connectivity index (χ2n) is 4.52. The first kappa shape index (κ1) is 11.8. The van der Waals surface area contributed by atoms with E-state index in [1.165, 1.54) is 0 Å². The third-order valence-corrected chi connectivity index (χ3v) is 2.95. The van der Waals surface area contributed by atoms with Gasteiger partial charge in [0.2, 0.25) is 11.9 Å². The second-order valence-corrected chi connectivity index (χ2v) is 4.52. The highest BCUT2D eigenvalue weighted by Gasteiger charge is 2.20. The van der Waals surface area contributed by atoms with Gasteiger partial charge in [0.25, 0.3) is 0 Å². The van der Waals surface area contributed by atoms with E-state index in [2.05, 4.69) is 20.2 Å². The summed E-state index contributed by atoms with van der Waals surface area (Å²) >= 11 is 0. The molecule has 5 nitrogen and oxygen atoms in total. The minimum absolute atomic E-state index is 0.0510. The lowest BCUT2D eigenvalue weighted by Crippen LogP contribution is -2.44. The number of nitrogens with zero attached hydrogens (tertiary/aromatic N) is 3. The molecule has 0 saturated carbocycles. The molecule has 1 amide bonds. The van der Waals surface area contributed by atoms with Gasteiger partial charge in [-0.25, -0.2) is 9.97 Å². The zero-order valence-electron chi connectivity index (χ0n) is 10.3. The summed E-state index contributed by atoms with van der Waals surface area (Å²) in [5, 5.41) is 2.96. The van der Waals surface area contributed by atoms with Gasteiger partial charge < -0.3 is 10.2 Å². The molecule has 2 heterocycles. The number of carbonyl (C=O) groups is 1. The average Bonchev–Trinajstić information content (AvgIpc) is 2.30. The minimum atomic E-state index is 0.0510. The Morgan fingerprint density at radius 3 is 2.47 bits per heavy atom. The highest BCUT2D eigenvalue weighted by molar-refractivity contribution is 5.73. The van der Waals surface area contributed by atoms with Crippen molar-refractivity contribution in [2.24, 2.45) is 0 Å². The summed E-state index contributed by atoms with van der Waals surface area (Å²) in [5.41, 5.74) is 1.07. The molecule has 1 aromatic heterocycles. The second kappa shape index (κ2) is 5.12. The van der Waals surface area contributed by atoms with Gasteiger partial charge in [-0.15, -0.1) is 0 Å². The van der Waals surface area contributed by atoms with Crippen molar-refractivity contribution >= 4 is 11.9 Å². The standard InChI is InChI=1S/C12H18N4O/c1-9-7-13-12(14-8-9)16-5-3-11(4-6-16)15-10(2)17/h7-8,11H,3-6H2,1-2H3,(H,15,17). The molecule has 17 heavy (non-hydrogen) atoms. The largest absolute Gasteiger partial charge is 0.353 e. The molecule has 1 fully saturated rings. The molecule has 1 N–H and O–H groups in total. The van der Waals surface area contributed by atoms with Crippen LogP contribution in [0.3, 0.4) is 0 Å². The SMILES string of the molecule is CC(=O)NC1CCN(c2ncc(C)cn2)CC1. The van der Waals surface area contributed by atoms with Gasteiger partial charge in [-0.3, -0.25) is 4.79 Å². The Morgan fingerprint density at radius 2 is 1.94 bits per heavy atom. The molecule has 0 radical (unpaired) electrons. The molecule has 2 rings (SSSR count). The van der Waals surface area contributed by atoms with E-state index in [1.807, 2.05) is 19.3 Å². The first-order valence-corrected chi connectivity index (χ1v) is 5.96. The Hall–Kier alpha value is -1.65. The summed E-state index contributed by atoms with van der Waals surface area (Å²) in [6, 6.07) is 0.300. The number of aryl methyl sites for hydroxylation is 1. The fraction of sp³-hybridized carbons (Fsp3) is 0.583. The number of amides is 1. The number of hydrogen-bond acceptors (Lipinski definition) is 4. The van der Waals surface area contributed by atoms with E-state index in [1.54, 1.807) is 6.92 Å². The normalized spacial score (nSPS) is 16.9. The minimum Gasteiger partial charge on any atom is -0.353 e. The Morgan fingerprint density at radius 1 is 1.35 bits per heavy atom. The summed E-state index contributed by atoms with van der Waals surface area (Å²) < 4.78 is 0. The maximum absolute atomic E-state index is 11.0. The Balaban J connectivity index is 1.90. The number of aromatic nitrogens is 2. The van der Waals surface area contributed by atoms with E-state index in [0.717, 1.165) is 37.4 Å². The number of hydrogen-bond donors (Lipinski definition) is 1. The van der Waals surface area contributed by atoms with Crippen molar-refractivity contribution in [1.82, 2.24) is 15.3 Å². The molecular weight excluding hydrogens is 216 g/mol. The number of anilines is 1. The maximum atomic E-state index is 11.0. The van der Waals surface area contributed by atoms with Crippen LogP contribution in [-0.4, -0.2) is 35.0 Å². The highest BCUT2D eigenvalue weighted by Crippen LogP contribution is 2.15. The van der Waals surface area contributed by atoms with Crippen LogP contribution in [0.5, 0.6) is 0 Å². The highest BCUT2D eigenvalue weighted by atomic mass is 16.1. The molecule has 0 aromatic carbocycles. The molecule has 1 aliphatic rings. The molecule has 0 aliphatic carbocycles. The van der Waals surface area contributed by atoms with Crippen LogP contribution in [0.25, 0.3) is 0 Å². The summed E-state index contributed by atoms with van der Waals surface area (Å²) in [6.45, 7) is 5.34. The lowest BCUT2D eigenvalue weighted by Gasteiger charge is -2.32. The van der Waals surface area contributed by atoms with Crippen molar-refractivity contribution < 1.29 is 4.79 Å². The van der Waals surface area contributed by atoms with Gasteiger partial charge in [-0.2, -0.15) is 0 Å². The lowest BCUT2D eigenvalue weighted by atomic mass is 10.1. The van der Waals surface area contributed by atoms with Crippen LogP contribution in [0.15, 0.2) is 12.4 Å². The van der Waals surface area contributed by atoms with Gasteiger partial charge in [-0.1, -0.05) is 0 Å². The average molecular weight is 234 g/mol. The molecule has 1 aliphatic heterocycles. The molecule has 0 unspecified atom stereocenters. The number of nitrogens with one attached hydrogen (secondary N) is 1. The van der Waals surface area contributed by atoms with Crippen molar-refractivity contribution in [1.29, 1.82) is 0 Å². The lowest BCUT2D eigenvalue weighted by molar-refractivity contribution is -0.119. The van der Waals surface area contributed by atoms with Crippen molar-refractivity contribution in [2.75, 3.05) is 18.0 Å². The zero-order chi connectivity index (χ0) is 12.3. The van der Waals surface area contributed by atoms with Crippen LogP contribution in [0, 0.1) is 6.92 Å². The maximum Gasteiger partial charge on any atom is 0.225 e. The van der Waals surface area contributed by atoms with Gasteiger partial charge in [0.15, 0.2) is 0 Å². The third-order valence-electron chi connectivity index (χ3n) is 2.95. The van der Waals surface area contributed by atoms with Crippen LogP contribution in [-0.2, 0) is 4.79 Å². The van der Waals surface area contributed by atoms with Gasteiger partial charge in [0.1, 0.15) is 0 Å². The monoisotopic (exact) mass is 234 g/mol. The molecule has 92 valence electrons. The van der Waals surface area contributed by atoms with Crippen LogP contribution in [0.4, 0.5) is 5.95 Å². The van der Waals surface area contributed by atoms with E-state index in [0.29, 0.717) is 6.04 Å². The summed E-state index contributed by atoms with van der Waals surface area (Å²) in [6.07, 6.45) is 5.58. The van der Waals surface area contributed by atoms with E-state index < -0.39 is 0 Å². The van der Waals surface area contributed by atoms with Gasteiger partial charge >= 0.3 is 0 Å². The quantitative estimate of drug-likeness (QED) is 0.825. The van der Waals surface area contributed by atoms with Crippen molar-refractivity contribution in [2.45, 2.75) is 32.7 Å². The fourth-order valence-electron chi connectivity index (χ4n) is 2.06. The molecule has 1 aromatic rings. The van der Waals surface area contributed by atoms with Crippen molar-refractivity contribution in [3.63, 3.8) is 0 Å². The summed E-state index contributed by atoms with van der Waals surface area (Å²) in [4.78, 5) is 21.7. The zero-order valence-corrected chi connectivity index (χ0v) is 10.3. The van der Waals surface area contributed by atoms with Crippen LogP contribution < -0.4 is 10.2 Å². The van der Waals surface area contributed by atoms with Gasteiger partial charge in [0.05, 0.1) is 0 Å². The topological polar surface area (TPSA) is 58.1 Å². The molecular formula is C12H18N4O. The van der Waals surface area contributed by atoms with Gasteiger partial charge in [0, 0.05) is 38.4 Å². The molecule has 0 bridgehead atoms. The number of piperidine rings is 1. The van der Waals surface area contributed by atoms with E-state index in [4.69, 9.17) is 0 Å². The van der Waals surface area contributed by atoms with Crippen molar-refractivity contribution in [3.05, 3.63) is 18.0 Å². The third kappa shape index (κ3) is 3.15. The Bertz CT molecular complexity index is 382. The molecule has 0 atom stereocenters. The Labute approximate surface area is 101 Å². The smallest absolute Gasteiger partial charge is 0.225 e. The predicted octanol–water partition coefficient (Wildman–Crippen LogP) is 0.890. The van der Waals surface area contributed by atoms with E-state index in [-0.39, 0.29) is 5.91 Å². The van der Waals surface area contributed by atoms with E-state index in [9.17, 15) is 4.79 Å². The number of carbonyl (C=O) groups excluding carboxylic acids is 1. The van der Waals surface area contributed by atoms with Crippen LogP contribution in [0.1, 0.15) is 25.3 Å². The van der Waals surface area contributed by atoms with Crippen LogP contribution in [0.2, 0.25) is 0 Å². The summed E-state index contributed by atoms with van der Waals surface area (Å²) in [5.74, 6) is 0.840. The number of rotatable bonds is 2. The van der Waals surface area contributed by atoms with Crippen molar-refractivity contribution in [3.8, 4) is 0 Å². The summed E-state index contributed by atoms with van der Waals surface area (Å²) in [7, 11) is 0. The molecule has 0 spiro atoms. The van der Waals surface area contributed by atoms with Gasteiger partial charge in [-0.05, 0) is 25.3 Å². The molecule has 5 heteroatoms. The predicted molar refractivity (Wildman–Crippen MR) is 65.8 cm³/mol. The van der Waals surface area contributed by atoms with Crippen LogP contribution >= 0.6 is 0 Å². The fourth-order valence-corrected chi connectivity index (χ4v) is 2.06. The van der Waals surface area contributed by atoms with E-state index >= 15 is 0 Å². The first-order chi connectivity index (χ1) is 8.15. The molecule has 1 saturated heterocycles. The first-order valence-electron chi connectivity index (χ1n) is 5.96.